The van der Waals surface area contributed by atoms with Crippen molar-refractivity contribution >= 4 is 43.0 Å². The molecular formula is C10H8BrNO3S2. The smallest absolute Gasteiger partial charge is 0.272 e. The van der Waals surface area contributed by atoms with E-state index in [1.54, 1.807) is 11.4 Å². The molecule has 0 aliphatic rings. The Bertz CT molecular complexity index is 619. The first-order valence-electron chi connectivity index (χ1n) is 4.54. The molecule has 0 radical (unpaired) electrons. The molecule has 0 unspecified atom stereocenters. The van der Waals surface area contributed by atoms with Crippen LogP contribution >= 0.6 is 27.3 Å². The molecule has 0 saturated carbocycles. The molecule has 90 valence electrons. The average molecular weight is 334 g/mol. The minimum absolute atomic E-state index is 0.0882. The van der Waals surface area contributed by atoms with Crippen molar-refractivity contribution in [2.24, 2.45) is 0 Å². The third-order valence-electron chi connectivity index (χ3n) is 1.95. The summed E-state index contributed by atoms with van der Waals surface area (Å²) in [5.41, 5.74) is 0.406. The van der Waals surface area contributed by atoms with Gasteiger partial charge in [-0.3, -0.25) is 4.72 Å². The van der Waals surface area contributed by atoms with Crippen molar-refractivity contribution in [3.63, 3.8) is 0 Å². The molecule has 2 aromatic rings. The van der Waals surface area contributed by atoms with E-state index >= 15 is 0 Å². The Balaban J connectivity index is 2.30. The number of nitrogens with one attached hydrogen (secondary N) is 1. The maximum absolute atomic E-state index is 12.0. The molecule has 4 nitrogen and oxygen atoms in total. The lowest BCUT2D eigenvalue weighted by molar-refractivity contribution is 0.475. The molecule has 0 saturated heterocycles. The summed E-state index contributed by atoms with van der Waals surface area (Å²) in [5.74, 6) is 0.0882. The van der Waals surface area contributed by atoms with Crippen LogP contribution in [0.4, 0.5) is 5.69 Å². The summed E-state index contributed by atoms with van der Waals surface area (Å²) in [6, 6.07) is 7.50. The number of benzene rings is 1. The van der Waals surface area contributed by atoms with Gasteiger partial charge < -0.3 is 5.11 Å². The highest BCUT2D eigenvalue weighted by molar-refractivity contribution is 9.10. The summed E-state index contributed by atoms with van der Waals surface area (Å²) in [4.78, 5) is 0. The molecule has 17 heavy (non-hydrogen) atoms. The molecule has 7 heteroatoms. The zero-order valence-electron chi connectivity index (χ0n) is 8.42. The topological polar surface area (TPSA) is 66.4 Å². The Morgan fingerprint density at radius 3 is 2.35 bits per heavy atom. The van der Waals surface area contributed by atoms with Gasteiger partial charge in [0.1, 0.15) is 5.75 Å². The molecule has 0 atom stereocenters. The minimum Gasteiger partial charge on any atom is -0.508 e. The van der Waals surface area contributed by atoms with E-state index in [1.165, 1.54) is 24.3 Å². The van der Waals surface area contributed by atoms with Gasteiger partial charge in [-0.2, -0.15) is 0 Å². The first kappa shape index (κ1) is 12.4. The van der Waals surface area contributed by atoms with Crippen molar-refractivity contribution in [1.29, 1.82) is 0 Å². The highest BCUT2D eigenvalue weighted by Crippen LogP contribution is 2.29. The van der Waals surface area contributed by atoms with Crippen molar-refractivity contribution in [2.75, 3.05) is 4.72 Å². The van der Waals surface area contributed by atoms with Gasteiger partial charge in [0, 0.05) is 10.2 Å². The fourth-order valence-electron chi connectivity index (χ4n) is 1.20. The Morgan fingerprint density at radius 2 is 1.82 bits per heavy atom. The fourth-order valence-corrected chi connectivity index (χ4v) is 4.60. The molecule has 2 N–H and O–H groups in total. The van der Waals surface area contributed by atoms with E-state index in [2.05, 4.69) is 20.7 Å². The molecule has 1 aromatic heterocycles. The van der Waals surface area contributed by atoms with Gasteiger partial charge in [0.05, 0.1) is 0 Å². The highest BCUT2D eigenvalue weighted by atomic mass is 79.9. The van der Waals surface area contributed by atoms with E-state index in [1.807, 2.05) is 0 Å². The lowest BCUT2D eigenvalue weighted by Crippen LogP contribution is -2.11. The third kappa shape index (κ3) is 2.80. The van der Waals surface area contributed by atoms with Gasteiger partial charge in [-0.05, 0) is 51.6 Å². The Morgan fingerprint density at radius 1 is 1.18 bits per heavy atom. The third-order valence-corrected chi connectivity index (χ3v) is 6.00. The Kier molecular flexibility index (Phi) is 3.41. The van der Waals surface area contributed by atoms with Crippen LogP contribution in [0, 0.1) is 0 Å². The zero-order valence-corrected chi connectivity index (χ0v) is 11.6. The number of hydrogen-bond acceptors (Lipinski definition) is 4. The predicted molar refractivity (Wildman–Crippen MR) is 70.9 cm³/mol. The van der Waals surface area contributed by atoms with Crippen LogP contribution in [0.15, 0.2) is 44.4 Å². The second-order valence-corrected chi connectivity index (χ2v) is 6.86. The lowest BCUT2D eigenvalue weighted by Gasteiger charge is -2.06. The molecule has 1 heterocycles. The largest absolute Gasteiger partial charge is 0.508 e. The van der Waals surface area contributed by atoms with E-state index in [0.717, 1.165) is 11.3 Å². The van der Waals surface area contributed by atoms with Crippen LogP contribution < -0.4 is 4.72 Å². The molecule has 2 rings (SSSR count). The molecule has 1 aromatic carbocycles. The number of rotatable bonds is 3. The number of sulfonamides is 1. The second-order valence-electron chi connectivity index (χ2n) is 3.21. The van der Waals surface area contributed by atoms with Crippen LogP contribution in [0.25, 0.3) is 0 Å². The Hall–Kier alpha value is -1.05. The molecular weight excluding hydrogens is 326 g/mol. The van der Waals surface area contributed by atoms with Crippen LogP contribution in [0.1, 0.15) is 0 Å². The van der Waals surface area contributed by atoms with E-state index in [4.69, 9.17) is 5.11 Å². The van der Waals surface area contributed by atoms with Gasteiger partial charge in [-0.25, -0.2) is 8.42 Å². The molecule has 0 fully saturated rings. The average Bonchev–Trinajstić information content (AvgIpc) is 2.68. The van der Waals surface area contributed by atoms with Gasteiger partial charge in [0.15, 0.2) is 4.21 Å². The van der Waals surface area contributed by atoms with Crippen LogP contribution in [-0.4, -0.2) is 13.5 Å². The van der Waals surface area contributed by atoms with Gasteiger partial charge in [0.25, 0.3) is 10.0 Å². The molecule has 0 amide bonds. The fraction of sp³-hybridized carbons (Fsp3) is 0. The number of thiophene rings is 1. The minimum atomic E-state index is -3.57. The van der Waals surface area contributed by atoms with Gasteiger partial charge in [-0.1, -0.05) is 0 Å². The first-order valence-corrected chi connectivity index (χ1v) is 7.69. The summed E-state index contributed by atoms with van der Waals surface area (Å²) < 4.78 is 27.1. The van der Waals surface area contributed by atoms with Crippen LogP contribution in [0.3, 0.4) is 0 Å². The van der Waals surface area contributed by atoms with Crippen LogP contribution in [0.5, 0.6) is 5.75 Å². The standard InChI is InChI=1S/C10H8BrNO3S2/c11-9-5-6-16-10(9)17(14,15)12-7-1-3-8(13)4-2-7/h1-6,12-13H. The van der Waals surface area contributed by atoms with E-state index in [-0.39, 0.29) is 9.96 Å². The van der Waals surface area contributed by atoms with E-state index in [9.17, 15) is 8.42 Å². The maximum atomic E-state index is 12.0. The van der Waals surface area contributed by atoms with Gasteiger partial charge in [-0.15, -0.1) is 11.3 Å². The summed E-state index contributed by atoms with van der Waals surface area (Å²) in [6.07, 6.45) is 0. The van der Waals surface area contributed by atoms with E-state index in [0.29, 0.717) is 10.2 Å². The van der Waals surface area contributed by atoms with Gasteiger partial charge in [0.2, 0.25) is 0 Å². The van der Waals surface area contributed by atoms with Crippen LogP contribution in [-0.2, 0) is 10.0 Å². The number of hydrogen-bond donors (Lipinski definition) is 2. The maximum Gasteiger partial charge on any atom is 0.272 e. The monoisotopic (exact) mass is 333 g/mol. The summed E-state index contributed by atoms with van der Waals surface area (Å²) in [7, 11) is -3.57. The molecule has 0 aliphatic heterocycles. The van der Waals surface area contributed by atoms with Crippen molar-refractivity contribution < 1.29 is 13.5 Å². The van der Waals surface area contributed by atoms with Crippen molar-refractivity contribution in [2.45, 2.75) is 4.21 Å². The summed E-state index contributed by atoms with van der Waals surface area (Å²) in [5, 5.41) is 10.8. The SMILES string of the molecule is O=S(=O)(Nc1ccc(O)cc1)c1sccc1Br. The number of phenolic OH excluding ortho intramolecular Hbond substituents is 1. The number of aromatic hydroxyl groups is 1. The van der Waals surface area contributed by atoms with E-state index < -0.39 is 10.0 Å². The van der Waals surface area contributed by atoms with Crippen LogP contribution in [0.2, 0.25) is 0 Å². The number of halogens is 1. The quantitative estimate of drug-likeness (QED) is 0.848. The van der Waals surface area contributed by atoms with Crippen molar-refractivity contribution in [3.05, 3.63) is 40.2 Å². The zero-order chi connectivity index (χ0) is 12.5. The number of phenols is 1. The lowest BCUT2D eigenvalue weighted by atomic mass is 10.3. The number of anilines is 1. The van der Waals surface area contributed by atoms with Crippen molar-refractivity contribution in [3.8, 4) is 5.75 Å². The Labute approximate surface area is 111 Å². The first-order chi connectivity index (χ1) is 7.99. The second kappa shape index (κ2) is 4.67. The molecule has 0 spiro atoms. The van der Waals surface area contributed by atoms with Gasteiger partial charge >= 0.3 is 0 Å². The van der Waals surface area contributed by atoms with Crippen molar-refractivity contribution in [1.82, 2.24) is 0 Å². The predicted octanol–water partition coefficient (Wildman–Crippen LogP) is 3.02. The summed E-state index contributed by atoms with van der Waals surface area (Å²) in [6.45, 7) is 0. The highest BCUT2D eigenvalue weighted by Gasteiger charge is 2.18. The molecule has 0 aliphatic carbocycles. The normalized spacial score (nSPS) is 11.4. The summed E-state index contributed by atoms with van der Waals surface area (Å²) >= 11 is 4.31. The molecule has 0 bridgehead atoms.